The number of rotatable bonds is 8. The van der Waals surface area contributed by atoms with Crippen LogP contribution in [0.1, 0.15) is 35.3 Å². The third-order valence-corrected chi connectivity index (χ3v) is 6.34. The van der Waals surface area contributed by atoms with Gasteiger partial charge < -0.3 is 9.08 Å². The molecule has 0 aliphatic rings. The molecule has 0 bridgehead atoms. The van der Waals surface area contributed by atoms with Gasteiger partial charge >= 0.3 is 16.3 Å². The fourth-order valence-electron chi connectivity index (χ4n) is 3.30. The van der Waals surface area contributed by atoms with Gasteiger partial charge in [-0.3, -0.25) is 14.9 Å². The Balaban J connectivity index is 1.84. The summed E-state index contributed by atoms with van der Waals surface area (Å²) in [5.74, 6) is -0.631. The molecular weight excluding hydrogens is 501 g/mol. The molecule has 8 nitrogen and oxygen atoms in total. The maximum absolute atomic E-state index is 13.1. The van der Waals surface area contributed by atoms with E-state index in [4.69, 9.17) is 4.18 Å². The van der Waals surface area contributed by atoms with Crippen molar-refractivity contribution in [1.29, 1.82) is 0 Å². The van der Waals surface area contributed by atoms with Gasteiger partial charge in [-0.05, 0) is 55.8 Å². The molecule has 0 atom stereocenters. The third kappa shape index (κ3) is 6.39. The first kappa shape index (κ1) is 26.7. The highest BCUT2D eigenvalue weighted by molar-refractivity contribution is 7.87. The van der Waals surface area contributed by atoms with E-state index >= 15 is 0 Å². The Morgan fingerprint density at radius 2 is 1.69 bits per heavy atom. The van der Waals surface area contributed by atoms with E-state index in [2.05, 4.69) is 0 Å². The molecule has 0 saturated carbocycles. The molecule has 0 saturated heterocycles. The van der Waals surface area contributed by atoms with Gasteiger partial charge in [0.15, 0.2) is 0 Å². The Kier molecular flexibility index (Phi) is 7.68. The van der Waals surface area contributed by atoms with Crippen molar-refractivity contribution in [2.75, 3.05) is 0 Å². The van der Waals surface area contributed by atoms with Crippen molar-refractivity contribution in [3.8, 4) is 5.75 Å². The lowest BCUT2D eigenvalue weighted by Gasteiger charge is -2.27. The van der Waals surface area contributed by atoms with E-state index in [-0.39, 0.29) is 29.6 Å². The molecule has 0 aliphatic carbocycles. The number of nitrogens with zero attached hydrogens (tertiary/aromatic N) is 2. The maximum Gasteiger partial charge on any atom is 0.416 e. The van der Waals surface area contributed by atoms with Crippen molar-refractivity contribution in [2.24, 2.45) is 0 Å². The van der Waals surface area contributed by atoms with Crippen LogP contribution in [-0.2, 0) is 22.8 Å². The van der Waals surface area contributed by atoms with Crippen LogP contribution in [0.25, 0.3) is 0 Å². The van der Waals surface area contributed by atoms with Crippen LogP contribution in [0.2, 0.25) is 0 Å². The molecule has 3 aromatic rings. The quantitative estimate of drug-likeness (QED) is 0.222. The number of halogens is 3. The third-order valence-electron chi connectivity index (χ3n) is 5.10. The topological polar surface area (TPSA) is 107 Å². The van der Waals surface area contributed by atoms with Gasteiger partial charge in [-0.2, -0.15) is 21.6 Å². The van der Waals surface area contributed by atoms with Gasteiger partial charge in [0.05, 0.1) is 10.5 Å². The molecule has 12 heteroatoms. The first-order valence-electron chi connectivity index (χ1n) is 10.5. The minimum Gasteiger partial charge on any atom is -0.379 e. The number of amides is 1. The Morgan fingerprint density at radius 3 is 2.33 bits per heavy atom. The van der Waals surface area contributed by atoms with Gasteiger partial charge in [0.2, 0.25) is 0 Å². The van der Waals surface area contributed by atoms with E-state index in [9.17, 15) is 36.5 Å². The van der Waals surface area contributed by atoms with Crippen molar-refractivity contribution in [2.45, 2.75) is 37.5 Å². The summed E-state index contributed by atoms with van der Waals surface area (Å²) < 4.78 is 69.2. The van der Waals surface area contributed by atoms with E-state index in [0.717, 1.165) is 18.2 Å². The molecule has 190 valence electrons. The lowest BCUT2D eigenvalue weighted by Crippen LogP contribution is -2.36. The van der Waals surface area contributed by atoms with Crippen molar-refractivity contribution in [3.63, 3.8) is 0 Å². The zero-order valence-corrected chi connectivity index (χ0v) is 19.9. The fraction of sp³-hybridized carbons (Fsp3) is 0.208. The molecule has 3 rings (SSSR count). The monoisotopic (exact) mass is 522 g/mol. The number of benzene rings is 3. The van der Waals surface area contributed by atoms with E-state index in [1.165, 1.54) is 47.4 Å². The smallest absolute Gasteiger partial charge is 0.379 e. The van der Waals surface area contributed by atoms with E-state index in [1.807, 2.05) is 0 Å². The van der Waals surface area contributed by atoms with Crippen molar-refractivity contribution in [3.05, 3.63) is 99.6 Å². The second kappa shape index (κ2) is 10.4. The number of carbonyl (C=O) groups is 1. The summed E-state index contributed by atoms with van der Waals surface area (Å²) >= 11 is 0. The second-order valence-corrected chi connectivity index (χ2v) is 9.59. The zero-order chi connectivity index (χ0) is 26.7. The average Bonchev–Trinajstić information content (AvgIpc) is 2.81. The SMILES string of the molecule is CC(C)N(Cc1cccc(OS(=O)(=O)c2cccc(C(F)(F)F)c2)c1)C(=O)c1cccc([N+](=O)[O-])c1. The number of alkyl halides is 3. The predicted octanol–water partition coefficient (Wildman–Crippen LogP) is 5.43. The van der Waals surface area contributed by atoms with Crippen molar-refractivity contribution < 1.29 is 35.5 Å². The molecule has 0 aromatic heterocycles. The minimum atomic E-state index is -4.72. The van der Waals surface area contributed by atoms with Gasteiger partial charge in [-0.25, -0.2) is 0 Å². The Bertz CT molecular complexity index is 1390. The van der Waals surface area contributed by atoms with Crippen LogP contribution in [0.5, 0.6) is 5.75 Å². The summed E-state index contributed by atoms with van der Waals surface area (Å²) in [7, 11) is -4.57. The summed E-state index contributed by atoms with van der Waals surface area (Å²) in [6.45, 7) is 3.50. The summed E-state index contributed by atoms with van der Waals surface area (Å²) in [5.41, 5.74) is -0.787. The first-order chi connectivity index (χ1) is 16.8. The Labute approximate surface area is 205 Å². The second-order valence-electron chi connectivity index (χ2n) is 8.04. The van der Waals surface area contributed by atoms with E-state index < -0.39 is 37.6 Å². The maximum atomic E-state index is 13.1. The number of nitro benzene ring substituents is 1. The number of hydrogen-bond acceptors (Lipinski definition) is 6. The summed E-state index contributed by atoms with van der Waals surface area (Å²) in [4.78, 5) is 24.3. The number of non-ortho nitro benzene ring substituents is 1. The standard InChI is InChI=1S/C24H21F3N2O6S/c1-16(2)28(23(30)18-7-4-9-20(13-18)29(31)32)15-17-6-3-10-21(12-17)35-36(33,34)22-11-5-8-19(14-22)24(25,26)27/h3-14,16H,15H2,1-2H3. The van der Waals surface area contributed by atoms with E-state index in [1.54, 1.807) is 19.9 Å². The zero-order valence-electron chi connectivity index (χ0n) is 19.1. The highest BCUT2D eigenvalue weighted by Gasteiger charge is 2.32. The molecule has 0 radical (unpaired) electrons. The van der Waals surface area contributed by atoms with E-state index in [0.29, 0.717) is 11.6 Å². The van der Waals surface area contributed by atoms with Crippen LogP contribution in [-0.4, -0.2) is 30.2 Å². The molecule has 0 aliphatic heterocycles. The van der Waals surface area contributed by atoms with Crippen LogP contribution in [0.15, 0.2) is 77.7 Å². The van der Waals surface area contributed by atoms with Gasteiger partial charge in [0, 0.05) is 30.3 Å². The molecule has 0 heterocycles. The lowest BCUT2D eigenvalue weighted by atomic mass is 10.1. The molecule has 3 aromatic carbocycles. The van der Waals surface area contributed by atoms with Gasteiger partial charge in [-0.15, -0.1) is 0 Å². The van der Waals surface area contributed by atoms with Crippen molar-refractivity contribution in [1.82, 2.24) is 4.90 Å². The first-order valence-corrected chi connectivity index (χ1v) is 11.9. The van der Waals surface area contributed by atoms with Crippen LogP contribution in [0, 0.1) is 10.1 Å². The molecular formula is C24H21F3N2O6S. The highest BCUT2D eigenvalue weighted by Crippen LogP contribution is 2.31. The Morgan fingerprint density at radius 1 is 1.03 bits per heavy atom. The Hall–Kier alpha value is -3.93. The molecule has 36 heavy (non-hydrogen) atoms. The normalized spacial score (nSPS) is 11.8. The molecule has 0 N–H and O–H groups in total. The number of hydrogen-bond donors (Lipinski definition) is 0. The van der Waals surface area contributed by atoms with Gasteiger partial charge in [-0.1, -0.05) is 24.3 Å². The van der Waals surface area contributed by atoms with Gasteiger partial charge in [0.25, 0.3) is 11.6 Å². The van der Waals surface area contributed by atoms with Gasteiger partial charge in [0.1, 0.15) is 10.6 Å². The summed E-state index contributed by atoms with van der Waals surface area (Å²) in [6.07, 6.45) is -4.72. The lowest BCUT2D eigenvalue weighted by molar-refractivity contribution is -0.384. The number of carbonyl (C=O) groups excluding carboxylic acids is 1. The van der Waals surface area contributed by atoms with Crippen LogP contribution in [0.3, 0.4) is 0 Å². The van der Waals surface area contributed by atoms with Crippen LogP contribution >= 0.6 is 0 Å². The average molecular weight is 523 g/mol. The molecule has 0 spiro atoms. The fourth-order valence-corrected chi connectivity index (χ4v) is 4.27. The molecule has 1 amide bonds. The van der Waals surface area contributed by atoms with Crippen LogP contribution in [0.4, 0.5) is 18.9 Å². The summed E-state index contributed by atoms with van der Waals surface area (Å²) in [6, 6.07) is 13.9. The molecule has 0 unspecified atom stereocenters. The summed E-state index contributed by atoms with van der Waals surface area (Å²) in [5, 5.41) is 11.1. The van der Waals surface area contributed by atoms with Crippen LogP contribution < -0.4 is 4.18 Å². The van der Waals surface area contributed by atoms with Crippen molar-refractivity contribution >= 4 is 21.7 Å². The minimum absolute atomic E-state index is 0.0139. The predicted molar refractivity (Wildman–Crippen MR) is 124 cm³/mol. The highest BCUT2D eigenvalue weighted by atomic mass is 32.2. The number of nitro groups is 1. The largest absolute Gasteiger partial charge is 0.416 e. The molecule has 0 fully saturated rings.